The van der Waals surface area contributed by atoms with Gasteiger partial charge in [0.1, 0.15) is 4.90 Å². The average molecular weight is 784 g/mol. The summed E-state index contributed by atoms with van der Waals surface area (Å²) >= 11 is -2.19. The van der Waals surface area contributed by atoms with Crippen LogP contribution in [-0.2, 0) is 26.7 Å². The van der Waals surface area contributed by atoms with E-state index < -0.39 is 26.9 Å². The summed E-state index contributed by atoms with van der Waals surface area (Å²) in [6.45, 7) is 3.18. The van der Waals surface area contributed by atoms with Crippen molar-refractivity contribution in [3.63, 3.8) is 0 Å². The molecule has 1 unspecified atom stereocenters. The molecule has 0 saturated heterocycles. The van der Waals surface area contributed by atoms with Gasteiger partial charge in [0.05, 0.1) is 40.9 Å². The Morgan fingerprint density at radius 2 is 1.18 bits per heavy atom. The predicted octanol–water partition coefficient (Wildman–Crippen LogP) is 4.06. The average Bonchev–Trinajstić information content (AvgIpc) is 3.90. The van der Waals surface area contributed by atoms with Gasteiger partial charge in [0.2, 0.25) is 0 Å². The second kappa shape index (κ2) is 14.4. The molecule has 0 aliphatic rings. The Kier molecular flexibility index (Phi) is 9.51. The third-order valence-electron chi connectivity index (χ3n) is 7.80. The van der Waals surface area contributed by atoms with E-state index in [0.717, 1.165) is 15.6 Å². The molecule has 0 bridgehead atoms. The van der Waals surface area contributed by atoms with Crippen LogP contribution in [0.25, 0.3) is 23.3 Å². The van der Waals surface area contributed by atoms with Gasteiger partial charge in [-0.05, 0) is 38.1 Å². The first-order valence-electron chi connectivity index (χ1n) is 15.8. The molecule has 0 saturated carbocycles. The summed E-state index contributed by atoms with van der Waals surface area (Å²) in [5.41, 5.74) is 15.1. The minimum absolute atomic E-state index is 0.0537. The third-order valence-corrected chi connectivity index (χ3v) is 9.45. The Bertz CT molecular complexity index is 2760. The number of hydrogen-bond acceptors (Lipinski definition) is 17. The fourth-order valence-electron chi connectivity index (χ4n) is 5.27. The molecule has 0 fully saturated rings. The van der Waals surface area contributed by atoms with Crippen LogP contribution in [-0.4, -0.2) is 82.6 Å². The molecule has 2 aromatic carbocycles. The van der Waals surface area contributed by atoms with Crippen LogP contribution in [0, 0.1) is 13.8 Å². The van der Waals surface area contributed by atoms with Crippen LogP contribution in [0.2, 0.25) is 0 Å². The molecule has 0 aliphatic heterocycles. The van der Waals surface area contributed by atoms with Crippen LogP contribution < -0.4 is 11.5 Å². The summed E-state index contributed by atoms with van der Waals surface area (Å²) in [6.07, 6.45) is 3.63. The van der Waals surface area contributed by atoms with Gasteiger partial charge in [-0.15, -0.1) is 20.5 Å². The van der Waals surface area contributed by atoms with Gasteiger partial charge in [-0.1, -0.05) is 36.4 Å². The molecule has 6 N–H and O–H groups in total. The van der Waals surface area contributed by atoms with Gasteiger partial charge >= 0.3 is 6.01 Å². The zero-order chi connectivity index (χ0) is 39.0. The van der Waals surface area contributed by atoms with Crippen molar-refractivity contribution in [2.24, 2.45) is 20.5 Å². The smallest absolute Gasteiger partial charge is 0.320 e. The van der Waals surface area contributed by atoms with Crippen molar-refractivity contribution in [2.75, 3.05) is 17.7 Å². The monoisotopic (exact) mass is 783 g/mol. The highest BCUT2D eigenvalue weighted by Gasteiger charge is 2.24. The number of rotatable bonds is 11. The molecular formula is C31H29N17O5S2. The number of sulfone groups is 1. The van der Waals surface area contributed by atoms with Crippen LogP contribution in [0.3, 0.4) is 0 Å². The van der Waals surface area contributed by atoms with Crippen molar-refractivity contribution in [1.29, 1.82) is 0 Å². The van der Waals surface area contributed by atoms with E-state index in [1.807, 2.05) is 6.07 Å². The number of anilines is 2. The number of aromatic nitrogens is 11. The Morgan fingerprint density at radius 3 is 1.67 bits per heavy atom. The van der Waals surface area contributed by atoms with Crippen molar-refractivity contribution in [3.05, 3.63) is 90.0 Å². The minimum atomic E-state index is -3.76. The number of nitrogens with zero attached hydrogens (tertiary/aromatic N) is 15. The van der Waals surface area contributed by atoms with E-state index in [4.69, 9.17) is 11.5 Å². The predicted molar refractivity (Wildman–Crippen MR) is 197 cm³/mol. The third kappa shape index (κ3) is 7.18. The lowest BCUT2D eigenvalue weighted by Gasteiger charge is -2.06. The first-order valence-corrected chi connectivity index (χ1v) is 19.0. The van der Waals surface area contributed by atoms with E-state index in [9.17, 15) is 22.3 Å². The van der Waals surface area contributed by atoms with E-state index in [-0.39, 0.29) is 62.9 Å². The number of aromatic hydroxyl groups is 1. The number of nitrogen functional groups attached to an aromatic ring is 2. The Balaban J connectivity index is 1.24. The highest BCUT2D eigenvalue weighted by molar-refractivity contribution is 7.90. The van der Waals surface area contributed by atoms with Crippen LogP contribution in [0.5, 0.6) is 6.01 Å². The van der Waals surface area contributed by atoms with Crippen molar-refractivity contribution in [3.8, 4) is 29.3 Å². The molecule has 5 heterocycles. The second-order valence-corrected chi connectivity index (χ2v) is 14.6. The standard InChI is InChI=1S/C31H29N17O5S2/c1-17-23(39-41-27-19(16-54(50)51)14-34-45(27)20-10-6-4-7-11-20)25(32)47(43-17)29-36-30(38-31(49)37-29)48-26(33)24(18(2)44-48)40-42-28-22(55(3,52)53)15-35-46(28)21-12-8-5-9-13-21/h4-15H,16,32-33H2,1-3H3,(H,50,51)(H,36,37,38,49). The number of aryl methyl sites for hydroxylation is 2. The van der Waals surface area contributed by atoms with E-state index in [1.54, 1.807) is 68.4 Å². The van der Waals surface area contributed by atoms with E-state index in [1.165, 1.54) is 21.8 Å². The van der Waals surface area contributed by atoms with Crippen molar-refractivity contribution < 1.29 is 22.3 Å². The first-order chi connectivity index (χ1) is 26.3. The van der Waals surface area contributed by atoms with Gasteiger partial charge in [0.15, 0.2) is 55.6 Å². The summed E-state index contributed by atoms with van der Waals surface area (Å²) in [7, 11) is -3.76. The molecule has 0 spiro atoms. The summed E-state index contributed by atoms with van der Waals surface area (Å²) in [4.78, 5) is 12.1. The molecular weight excluding hydrogens is 755 g/mol. The Hall–Kier alpha value is -7.05. The van der Waals surface area contributed by atoms with Gasteiger partial charge < -0.3 is 21.1 Å². The summed E-state index contributed by atoms with van der Waals surface area (Å²) < 4.78 is 51.3. The van der Waals surface area contributed by atoms with Gasteiger partial charge in [-0.3, -0.25) is 0 Å². The molecule has 1 atom stereocenters. The van der Waals surface area contributed by atoms with Crippen molar-refractivity contribution >= 4 is 55.6 Å². The molecule has 5 aromatic heterocycles. The summed E-state index contributed by atoms with van der Waals surface area (Å²) in [6, 6.07) is 17.0. The zero-order valence-corrected chi connectivity index (χ0v) is 30.6. The van der Waals surface area contributed by atoms with Crippen molar-refractivity contribution in [1.82, 2.24) is 54.1 Å². The Labute approximate surface area is 313 Å². The quantitative estimate of drug-likeness (QED) is 0.106. The first kappa shape index (κ1) is 36.3. The van der Waals surface area contributed by atoms with Gasteiger partial charge in [-0.2, -0.15) is 44.7 Å². The van der Waals surface area contributed by atoms with Gasteiger partial charge in [0, 0.05) is 11.8 Å². The lowest BCUT2D eigenvalue weighted by atomic mass is 10.3. The molecule has 0 amide bonds. The topological polar surface area (TPSA) is 303 Å². The fraction of sp³-hybridized carbons (Fsp3) is 0.129. The SMILES string of the molecule is Cc1nn(-c2nc(O)nc(-n3nc(C)c(N=Nc4c(S(C)(=O)=O)cnn4-c4ccccc4)c3N)n2)c(N)c1N=Nc1c(CS(=O)O)cnn1-c1ccccc1. The lowest BCUT2D eigenvalue weighted by Crippen LogP contribution is -2.13. The molecule has 7 aromatic rings. The minimum Gasteiger partial charge on any atom is -0.479 e. The maximum atomic E-state index is 12.6. The lowest BCUT2D eigenvalue weighted by molar-refractivity contribution is 0.423. The molecule has 7 rings (SSSR count). The molecule has 55 heavy (non-hydrogen) atoms. The van der Waals surface area contributed by atoms with Crippen LogP contribution in [0.15, 0.2) is 98.4 Å². The molecule has 0 radical (unpaired) electrons. The molecule has 280 valence electrons. The maximum absolute atomic E-state index is 12.6. The largest absolute Gasteiger partial charge is 0.479 e. The zero-order valence-electron chi connectivity index (χ0n) is 28.9. The van der Waals surface area contributed by atoms with E-state index in [0.29, 0.717) is 22.6 Å². The molecule has 22 nitrogen and oxygen atoms in total. The highest BCUT2D eigenvalue weighted by Crippen LogP contribution is 2.35. The fourth-order valence-corrected chi connectivity index (χ4v) is 6.43. The number of nitrogens with two attached hydrogens (primary N) is 2. The maximum Gasteiger partial charge on any atom is 0.320 e. The number of para-hydroxylation sites is 2. The van der Waals surface area contributed by atoms with E-state index >= 15 is 0 Å². The number of benzene rings is 2. The normalized spacial score (nSPS) is 12.7. The molecule has 24 heteroatoms. The van der Waals surface area contributed by atoms with Gasteiger partial charge in [0.25, 0.3) is 11.9 Å². The van der Waals surface area contributed by atoms with Crippen molar-refractivity contribution in [2.45, 2.75) is 24.5 Å². The summed E-state index contributed by atoms with van der Waals surface area (Å²) in [5, 5.41) is 44.9. The number of hydrogen-bond donors (Lipinski definition) is 4. The highest BCUT2D eigenvalue weighted by atomic mass is 32.2. The van der Waals surface area contributed by atoms with Crippen LogP contribution >= 0.6 is 0 Å². The molecule has 0 aliphatic carbocycles. The van der Waals surface area contributed by atoms with Crippen LogP contribution in [0.1, 0.15) is 17.0 Å². The van der Waals surface area contributed by atoms with Crippen LogP contribution in [0.4, 0.5) is 34.6 Å². The van der Waals surface area contributed by atoms with Gasteiger partial charge in [-0.25, -0.2) is 22.0 Å². The second-order valence-electron chi connectivity index (χ2n) is 11.7. The summed E-state index contributed by atoms with van der Waals surface area (Å²) in [5.74, 6) is -0.807. The number of azo groups is 2. The van der Waals surface area contributed by atoms with E-state index in [2.05, 4.69) is 55.8 Å². The Morgan fingerprint density at radius 1 is 0.709 bits per heavy atom.